The van der Waals surface area contributed by atoms with Crippen molar-refractivity contribution in [1.82, 2.24) is 20.0 Å². The molecule has 1 unspecified atom stereocenters. The van der Waals surface area contributed by atoms with Gasteiger partial charge in [0.05, 0.1) is 17.9 Å². The van der Waals surface area contributed by atoms with Gasteiger partial charge in [0.2, 0.25) is 5.91 Å². The number of hydrogen-bond donors (Lipinski definition) is 1. The first-order valence-electron chi connectivity index (χ1n) is 9.53. The minimum atomic E-state index is -0.240. The number of nitrogens with one attached hydrogen (secondary N) is 1. The normalized spacial score (nSPS) is 12.6. The van der Waals surface area contributed by atoms with E-state index in [0.717, 1.165) is 36.3 Å². The van der Waals surface area contributed by atoms with E-state index in [9.17, 15) is 9.18 Å². The van der Waals surface area contributed by atoms with E-state index < -0.39 is 0 Å². The van der Waals surface area contributed by atoms with Crippen LogP contribution in [0, 0.1) is 11.7 Å². The molecule has 6 heteroatoms. The quantitative estimate of drug-likeness (QED) is 0.733. The molecule has 0 aliphatic carbocycles. The minimum absolute atomic E-state index is 0.0649. The lowest BCUT2D eigenvalue weighted by Gasteiger charge is -2.20. The summed E-state index contributed by atoms with van der Waals surface area (Å²) in [5, 5.41) is 7.58. The Balaban J connectivity index is 1.81. The Morgan fingerprint density at radius 2 is 1.93 bits per heavy atom. The molecule has 0 saturated heterocycles. The summed E-state index contributed by atoms with van der Waals surface area (Å²) in [4.78, 5) is 14.1. The van der Waals surface area contributed by atoms with Crippen molar-refractivity contribution in [2.75, 3.05) is 20.1 Å². The Morgan fingerprint density at radius 1 is 1.26 bits per heavy atom. The molecule has 1 aromatic carbocycles. The van der Waals surface area contributed by atoms with E-state index in [0.29, 0.717) is 12.5 Å². The molecule has 1 amide bonds. The van der Waals surface area contributed by atoms with E-state index in [1.165, 1.54) is 12.1 Å². The summed E-state index contributed by atoms with van der Waals surface area (Å²) < 4.78 is 14.9. The van der Waals surface area contributed by atoms with E-state index in [4.69, 9.17) is 0 Å². The number of halogens is 1. The van der Waals surface area contributed by atoms with Crippen LogP contribution in [0.3, 0.4) is 0 Å². The number of nitrogens with zero attached hydrogens (tertiary/aromatic N) is 3. The van der Waals surface area contributed by atoms with Crippen molar-refractivity contribution < 1.29 is 9.18 Å². The molecular weight excluding hydrogens is 343 g/mol. The molecule has 1 atom stereocenters. The van der Waals surface area contributed by atoms with Crippen molar-refractivity contribution in [3.63, 3.8) is 0 Å². The van der Waals surface area contributed by atoms with Gasteiger partial charge in [-0.1, -0.05) is 13.8 Å². The number of likely N-dealkylation sites (N-methyl/N-ethyl adjacent to an activating group) is 1. The van der Waals surface area contributed by atoms with Gasteiger partial charge in [0, 0.05) is 13.1 Å². The standard InChI is InChI=1S/C21H31FN4O/c1-15(2)16(3)23-21(27)14-25(4)12-6-7-19-13-20(26(5)24-19)17-8-10-18(22)11-9-17/h8-11,13,15-16H,6-7,12,14H2,1-5H3,(H,23,27). The number of rotatable bonds is 9. The second-order valence-electron chi connectivity index (χ2n) is 7.59. The zero-order valence-electron chi connectivity index (χ0n) is 17.0. The highest BCUT2D eigenvalue weighted by Crippen LogP contribution is 2.20. The van der Waals surface area contributed by atoms with E-state index in [-0.39, 0.29) is 17.8 Å². The number of amides is 1. The Labute approximate surface area is 161 Å². The highest BCUT2D eigenvalue weighted by molar-refractivity contribution is 5.78. The van der Waals surface area contributed by atoms with Gasteiger partial charge >= 0.3 is 0 Å². The number of carbonyl (C=O) groups is 1. The fourth-order valence-electron chi connectivity index (χ4n) is 2.86. The van der Waals surface area contributed by atoms with E-state index in [1.807, 2.05) is 36.7 Å². The molecule has 0 spiro atoms. The molecule has 0 aliphatic heterocycles. The van der Waals surface area contributed by atoms with E-state index in [2.05, 4.69) is 24.3 Å². The molecule has 148 valence electrons. The number of benzene rings is 1. The molecule has 0 bridgehead atoms. The molecule has 27 heavy (non-hydrogen) atoms. The summed E-state index contributed by atoms with van der Waals surface area (Å²) in [5.74, 6) is 0.254. The number of carbonyl (C=O) groups excluding carboxylic acids is 1. The summed E-state index contributed by atoms with van der Waals surface area (Å²) in [6.07, 6.45) is 1.76. The summed E-state index contributed by atoms with van der Waals surface area (Å²) in [6.45, 7) is 7.46. The van der Waals surface area contributed by atoms with Crippen LogP contribution in [0.25, 0.3) is 11.3 Å². The van der Waals surface area contributed by atoms with Gasteiger partial charge in [0.1, 0.15) is 5.82 Å². The molecule has 0 saturated carbocycles. The van der Waals surface area contributed by atoms with Crippen molar-refractivity contribution in [2.24, 2.45) is 13.0 Å². The first-order chi connectivity index (χ1) is 12.8. The SMILES string of the molecule is CC(C)C(C)NC(=O)CN(C)CCCc1cc(-c2ccc(F)cc2)n(C)n1. The van der Waals surface area contributed by atoms with Crippen LogP contribution in [0.2, 0.25) is 0 Å². The van der Waals surface area contributed by atoms with Gasteiger partial charge in [-0.15, -0.1) is 0 Å². The smallest absolute Gasteiger partial charge is 0.234 e. The lowest BCUT2D eigenvalue weighted by Crippen LogP contribution is -2.42. The summed E-state index contributed by atoms with van der Waals surface area (Å²) in [5.41, 5.74) is 2.93. The second-order valence-corrected chi connectivity index (χ2v) is 7.59. The fraction of sp³-hybridized carbons (Fsp3) is 0.524. The van der Waals surface area contributed by atoms with Crippen LogP contribution in [0.1, 0.15) is 32.9 Å². The molecule has 0 aliphatic rings. The van der Waals surface area contributed by atoms with Gasteiger partial charge in [-0.25, -0.2) is 4.39 Å². The monoisotopic (exact) mass is 374 g/mol. The Hall–Kier alpha value is -2.21. The summed E-state index contributed by atoms with van der Waals surface area (Å²) >= 11 is 0. The van der Waals surface area contributed by atoms with Gasteiger partial charge in [-0.3, -0.25) is 14.4 Å². The van der Waals surface area contributed by atoms with Gasteiger partial charge in [-0.05, 0) is 75.2 Å². The maximum atomic E-state index is 13.1. The topological polar surface area (TPSA) is 50.2 Å². The predicted octanol–water partition coefficient (Wildman–Crippen LogP) is 3.25. The van der Waals surface area contributed by atoms with Gasteiger partial charge in [0.15, 0.2) is 0 Å². The Morgan fingerprint density at radius 3 is 2.56 bits per heavy atom. The van der Waals surface area contributed by atoms with Crippen molar-refractivity contribution in [1.29, 1.82) is 0 Å². The van der Waals surface area contributed by atoms with Crippen molar-refractivity contribution in [2.45, 2.75) is 39.7 Å². The van der Waals surface area contributed by atoms with Gasteiger partial charge in [-0.2, -0.15) is 5.10 Å². The van der Waals surface area contributed by atoms with Crippen LogP contribution in [-0.2, 0) is 18.3 Å². The molecule has 2 rings (SSSR count). The molecule has 0 radical (unpaired) electrons. The first-order valence-corrected chi connectivity index (χ1v) is 9.53. The van der Waals surface area contributed by atoms with Crippen LogP contribution in [0.4, 0.5) is 4.39 Å². The molecule has 2 aromatic rings. The summed E-state index contributed by atoms with van der Waals surface area (Å²) in [6, 6.07) is 8.68. The highest BCUT2D eigenvalue weighted by atomic mass is 19.1. The third-order valence-electron chi connectivity index (χ3n) is 4.85. The zero-order valence-corrected chi connectivity index (χ0v) is 17.0. The third kappa shape index (κ3) is 6.47. The second kappa shape index (κ2) is 9.65. The van der Waals surface area contributed by atoms with Crippen LogP contribution >= 0.6 is 0 Å². The minimum Gasteiger partial charge on any atom is -0.352 e. The average molecular weight is 375 g/mol. The van der Waals surface area contributed by atoms with Crippen LogP contribution in [0.5, 0.6) is 0 Å². The van der Waals surface area contributed by atoms with Crippen LogP contribution in [0.15, 0.2) is 30.3 Å². The third-order valence-corrected chi connectivity index (χ3v) is 4.85. The highest BCUT2D eigenvalue weighted by Gasteiger charge is 2.13. The van der Waals surface area contributed by atoms with Crippen molar-refractivity contribution >= 4 is 5.91 Å². The summed E-state index contributed by atoms with van der Waals surface area (Å²) in [7, 11) is 3.86. The number of aromatic nitrogens is 2. The van der Waals surface area contributed by atoms with Crippen LogP contribution in [-0.4, -0.2) is 46.8 Å². The number of hydrogen-bond acceptors (Lipinski definition) is 3. The van der Waals surface area contributed by atoms with Crippen LogP contribution < -0.4 is 5.32 Å². The maximum absolute atomic E-state index is 13.1. The van der Waals surface area contributed by atoms with Crippen molar-refractivity contribution in [3.05, 3.63) is 41.8 Å². The predicted molar refractivity (Wildman–Crippen MR) is 107 cm³/mol. The molecule has 0 fully saturated rings. The lowest BCUT2D eigenvalue weighted by atomic mass is 10.1. The molecular formula is C21H31FN4O. The first kappa shape index (κ1) is 21.1. The van der Waals surface area contributed by atoms with Crippen molar-refractivity contribution in [3.8, 4) is 11.3 Å². The van der Waals surface area contributed by atoms with E-state index in [1.54, 1.807) is 12.1 Å². The fourth-order valence-corrected chi connectivity index (χ4v) is 2.86. The zero-order chi connectivity index (χ0) is 20.0. The molecule has 1 N–H and O–H groups in total. The molecule has 1 aromatic heterocycles. The van der Waals surface area contributed by atoms with Gasteiger partial charge < -0.3 is 5.32 Å². The largest absolute Gasteiger partial charge is 0.352 e. The molecule has 5 nitrogen and oxygen atoms in total. The Kier molecular flexibility index (Phi) is 7.54. The average Bonchev–Trinajstić information content (AvgIpc) is 2.96. The van der Waals surface area contributed by atoms with Gasteiger partial charge in [0.25, 0.3) is 0 Å². The van der Waals surface area contributed by atoms with E-state index >= 15 is 0 Å². The number of aryl methyl sites for hydroxylation is 2. The molecule has 1 heterocycles. The maximum Gasteiger partial charge on any atom is 0.234 e. The lowest BCUT2D eigenvalue weighted by molar-refractivity contribution is -0.122. The Bertz CT molecular complexity index is 739.